The van der Waals surface area contributed by atoms with Crippen molar-refractivity contribution < 1.29 is 8.42 Å². The Morgan fingerprint density at radius 2 is 2.00 bits per heavy atom. The molecule has 4 nitrogen and oxygen atoms in total. The number of hydrogen-bond acceptors (Lipinski definition) is 3. The highest BCUT2D eigenvalue weighted by Gasteiger charge is 2.23. The summed E-state index contributed by atoms with van der Waals surface area (Å²) in [4.78, 5) is 0.327. The topological polar surface area (TPSA) is 63.4 Å². The first-order valence-corrected chi connectivity index (χ1v) is 7.65. The Balaban J connectivity index is 3.10. The molecule has 1 rings (SSSR count). The fraction of sp³-hybridized carbons (Fsp3) is 0.538. The SMILES string of the molecule is CCN(CC(C)C)S(=O)(=O)c1cccc(CN)c1. The van der Waals surface area contributed by atoms with E-state index in [0.29, 0.717) is 30.4 Å². The van der Waals surface area contributed by atoms with Crippen molar-refractivity contribution >= 4 is 10.0 Å². The van der Waals surface area contributed by atoms with Crippen LogP contribution in [0.15, 0.2) is 29.2 Å². The van der Waals surface area contributed by atoms with Crippen molar-refractivity contribution in [2.24, 2.45) is 11.7 Å². The van der Waals surface area contributed by atoms with E-state index in [0.717, 1.165) is 5.56 Å². The van der Waals surface area contributed by atoms with Gasteiger partial charge in [-0.1, -0.05) is 32.9 Å². The normalized spacial score (nSPS) is 12.3. The van der Waals surface area contributed by atoms with Crippen LogP contribution in [0.25, 0.3) is 0 Å². The van der Waals surface area contributed by atoms with Crippen molar-refractivity contribution in [2.75, 3.05) is 13.1 Å². The summed E-state index contributed by atoms with van der Waals surface area (Å²) in [6.07, 6.45) is 0. The van der Waals surface area contributed by atoms with Gasteiger partial charge in [-0.3, -0.25) is 0 Å². The van der Waals surface area contributed by atoms with Gasteiger partial charge in [-0.05, 0) is 23.6 Å². The molecule has 0 saturated carbocycles. The third-order valence-electron chi connectivity index (χ3n) is 2.69. The molecule has 0 fully saturated rings. The molecule has 0 bridgehead atoms. The predicted molar refractivity (Wildman–Crippen MR) is 73.6 cm³/mol. The second-order valence-electron chi connectivity index (χ2n) is 4.70. The van der Waals surface area contributed by atoms with Gasteiger partial charge in [0.05, 0.1) is 4.90 Å². The van der Waals surface area contributed by atoms with E-state index in [1.807, 2.05) is 26.8 Å². The fourth-order valence-electron chi connectivity index (χ4n) is 1.79. The number of sulfonamides is 1. The molecule has 2 N–H and O–H groups in total. The van der Waals surface area contributed by atoms with E-state index < -0.39 is 10.0 Å². The molecular formula is C13H22N2O2S. The summed E-state index contributed by atoms with van der Waals surface area (Å²) in [5.74, 6) is 0.303. The Bertz CT molecular complexity index is 484. The molecule has 0 aliphatic carbocycles. The monoisotopic (exact) mass is 270 g/mol. The number of hydrogen-bond donors (Lipinski definition) is 1. The number of nitrogens with two attached hydrogens (primary N) is 1. The molecule has 0 aliphatic heterocycles. The van der Waals surface area contributed by atoms with E-state index >= 15 is 0 Å². The molecule has 18 heavy (non-hydrogen) atoms. The predicted octanol–water partition coefficient (Wildman–Crippen LogP) is 1.81. The zero-order chi connectivity index (χ0) is 13.8. The molecule has 0 saturated heterocycles. The molecule has 0 amide bonds. The second-order valence-corrected chi connectivity index (χ2v) is 6.64. The van der Waals surface area contributed by atoms with Crippen LogP contribution in [0.1, 0.15) is 26.3 Å². The van der Waals surface area contributed by atoms with Gasteiger partial charge in [0.2, 0.25) is 10.0 Å². The summed E-state index contributed by atoms with van der Waals surface area (Å²) in [6.45, 7) is 7.23. The van der Waals surface area contributed by atoms with Gasteiger partial charge >= 0.3 is 0 Å². The summed E-state index contributed by atoms with van der Waals surface area (Å²) in [5.41, 5.74) is 6.37. The fourth-order valence-corrected chi connectivity index (χ4v) is 3.47. The summed E-state index contributed by atoms with van der Waals surface area (Å²) in [7, 11) is -3.40. The van der Waals surface area contributed by atoms with Crippen LogP contribution in [0.2, 0.25) is 0 Å². The Morgan fingerprint density at radius 3 is 2.50 bits per heavy atom. The maximum Gasteiger partial charge on any atom is 0.243 e. The van der Waals surface area contributed by atoms with Gasteiger partial charge in [-0.25, -0.2) is 8.42 Å². The highest BCUT2D eigenvalue weighted by molar-refractivity contribution is 7.89. The van der Waals surface area contributed by atoms with Crippen molar-refractivity contribution in [1.29, 1.82) is 0 Å². The maximum absolute atomic E-state index is 12.5. The number of rotatable bonds is 6. The van der Waals surface area contributed by atoms with Gasteiger partial charge in [-0.15, -0.1) is 0 Å². The van der Waals surface area contributed by atoms with Crippen molar-refractivity contribution in [3.8, 4) is 0 Å². The highest BCUT2D eigenvalue weighted by atomic mass is 32.2. The van der Waals surface area contributed by atoms with Crippen LogP contribution in [0.4, 0.5) is 0 Å². The summed E-state index contributed by atoms with van der Waals surface area (Å²) in [6, 6.07) is 6.84. The van der Waals surface area contributed by atoms with Crippen LogP contribution < -0.4 is 5.73 Å². The van der Waals surface area contributed by atoms with Crippen LogP contribution in [0, 0.1) is 5.92 Å². The lowest BCUT2D eigenvalue weighted by atomic mass is 10.2. The summed E-state index contributed by atoms with van der Waals surface area (Å²) < 4.78 is 26.4. The number of benzene rings is 1. The zero-order valence-electron chi connectivity index (χ0n) is 11.3. The smallest absolute Gasteiger partial charge is 0.243 e. The Hall–Kier alpha value is -0.910. The largest absolute Gasteiger partial charge is 0.326 e. The lowest BCUT2D eigenvalue weighted by Crippen LogP contribution is -2.34. The molecule has 0 aromatic heterocycles. The summed E-state index contributed by atoms with van der Waals surface area (Å²) >= 11 is 0. The Kier molecular flexibility index (Phi) is 5.31. The highest BCUT2D eigenvalue weighted by Crippen LogP contribution is 2.18. The molecule has 0 spiro atoms. The molecule has 1 aromatic carbocycles. The number of nitrogens with zero attached hydrogens (tertiary/aromatic N) is 1. The van der Waals surface area contributed by atoms with Crippen LogP contribution in [-0.4, -0.2) is 25.8 Å². The van der Waals surface area contributed by atoms with E-state index in [-0.39, 0.29) is 0 Å². The molecular weight excluding hydrogens is 248 g/mol. The standard InChI is InChI=1S/C13H22N2O2S/c1-4-15(10-11(2)3)18(16,17)13-7-5-6-12(8-13)9-14/h5-8,11H,4,9-10,14H2,1-3H3. The van der Waals surface area contributed by atoms with Gasteiger partial charge in [0.25, 0.3) is 0 Å². The molecule has 102 valence electrons. The molecule has 1 aromatic rings. The van der Waals surface area contributed by atoms with Gasteiger partial charge < -0.3 is 5.73 Å². The van der Waals surface area contributed by atoms with Gasteiger partial charge in [0.15, 0.2) is 0 Å². The minimum absolute atomic E-state index is 0.303. The van der Waals surface area contributed by atoms with Crippen LogP contribution in [-0.2, 0) is 16.6 Å². The van der Waals surface area contributed by atoms with Crippen molar-refractivity contribution in [1.82, 2.24) is 4.31 Å². The minimum Gasteiger partial charge on any atom is -0.326 e. The molecule has 5 heteroatoms. The third-order valence-corrected chi connectivity index (χ3v) is 4.63. The minimum atomic E-state index is -3.40. The van der Waals surface area contributed by atoms with Crippen LogP contribution in [0.3, 0.4) is 0 Å². The molecule has 0 aliphatic rings. The maximum atomic E-state index is 12.5. The van der Waals surface area contributed by atoms with Gasteiger partial charge in [0.1, 0.15) is 0 Å². The second kappa shape index (κ2) is 6.31. The molecule has 0 radical (unpaired) electrons. The average molecular weight is 270 g/mol. The van der Waals surface area contributed by atoms with E-state index in [4.69, 9.17) is 5.73 Å². The van der Waals surface area contributed by atoms with Crippen LogP contribution >= 0.6 is 0 Å². The average Bonchev–Trinajstić information content (AvgIpc) is 2.35. The lowest BCUT2D eigenvalue weighted by Gasteiger charge is -2.22. The molecule has 0 atom stereocenters. The van der Waals surface area contributed by atoms with E-state index in [1.54, 1.807) is 18.2 Å². The quantitative estimate of drug-likeness (QED) is 0.857. The van der Waals surface area contributed by atoms with E-state index in [1.165, 1.54) is 4.31 Å². The first-order chi connectivity index (χ1) is 8.41. The molecule has 0 heterocycles. The van der Waals surface area contributed by atoms with Crippen molar-refractivity contribution in [3.63, 3.8) is 0 Å². The lowest BCUT2D eigenvalue weighted by molar-refractivity contribution is 0.381. The summed E-state index contributed by atoms with van der Waals surface area (Å²) in [5, 5.41) is 0. The van der Waals surface area contributed by atoms with Crippen LogP contribution in [0.5, 0.6) is 0 Å². The Labute approximate surface area is 110 Å². The Morgan fingerprint density at radius 1 is 1.33 bits per heavy atom. The van der Waals surface area contributed by atoms with E-state index in [9.17, 15) is 8.42 Å². The van der Waals surface area contributed by atoms with Crippen molar-refractivity contribution in [3.05, 3.63) is 29.8 Å². The van der Waals surface area contributed by atoms with Gasteiger partial charge in [0, 0.05) is 19.6 Å². The molecule has 0 unspecified atom stereocenters. The third kappa shape index (κ3) is 3.54. The van der Waals surface area contributed by atoms with Gasteiger partial charge in [-0.2, -0.15) is 4.31 Å². The first kappa shape index (κ1) is 15.1. The zero-order valence-corrected chi connectivity index (χ0v) is 12.1. The van der Waals surface area contributed by atoms with E-state index in [2.05, 4.69) is 0 Å². The van der Waals surface area contributed by atoms with Crippen molar-refractivity contribution in [2.45, 2.75) is 32.2 Å². The first-order valence-electron chi connectivity index (χ1n) is 6.21.